The molecule has 0 saturated carbocycles. The van der Waals surface area contributed by atoms with E-state index in [4.69, 9.17) is 4.74 Å². The summed E-state index contributed by atoms with van der Waals surface area (Å²) in [4.78, 5) is 24.6. The van der Waals surface area contributed by atoms with Crippen LogP contribution < -0.4 is 10.6 Å². The van der Waals surface area contributed by atoms with Gasteiger partial charge in [0.15, 0.2) is 0 Å². The monoisotopic (exact) mass is 284 g/mol. The topological polar surface area (TPSA) is 67.4 Å². The molecular weight excluding hydrogens is 268 g/mol. The second kappa shape index (κ2) is 4.48. The van der Waals surface area contributed by atoms with Crippen LogP contribution in [-0.2, 0) is 4.74 Å². The molecule has 2 aliphatic carbocycles. The highest BCUT2D eigenvalue weighted by molar-refractivity contribution is 6.18. The Morgan fingerprint density at radius 2 is 1.76 bits per heavy atom. The van der Waals surface area contributed by atoms with Crippen LogP contribution in [0.4, 0.5) is 5.69 Å². The maximum absolute atomic E-state index is 12.4. The molecular formula is C16H16N2O3. The second-order valence-corrected chi connectivity index (χ2v) is 5.56. The zero-order valence-electron chi connectivity index (χ0n) is 12.1. The Morgan fingerprint density at radius 3 is 2.43 bits per heavy atom. The van der Waals surface area contributed by atoms with Crippen molar-refractivity contribution in [3.63, 3.8) is 0 Å². The molecule has 2 N–H and O–H groups in total. The lowest BCUT2D eigenvalue weighted by Crippen LogP contribution is -2.53. The van der Waals surface area contributed by atoms with E-state index in [-0.39, 0.29) is 5.91 Å². The third-order valence-corrected chi connectivity index (χ3v) is 3.56. The molecule has 0 saturated heterocycles. The van der Waals surface area contributed by atoms with Crippen molar-refractivity contribution in [1.82, 2.24) is 5.32 Å². The minimum Gasteiger partial charge on any atom is -0.465 e. The second-order valence-electron chi connectivity index (χ2n) is 5.56. The van der Waals surface area contributed by atoms with E-state index in [1.807, 2.05) is 44.2 Å². The first kappa shape index (κ1) is 13.4. The first-order chi connectivity index (χ1) is 9.94. The number of anilines is 1. The van der Waals surface area contributed by atoms with Crippen molar-refractivity contribution in [2.24, 2.45) is 0 Å². The molecule has 0 bridgehead atoms. The van der Waals surface area contributed by atoms with Gasteiger partial charge in [-0.05, 0) is 25.0 Å². The molecule has 1 aliphatic heterocycles. The normalized spacial score (nSPS) is 15.9. The maximum atomic E-state index is 12.4. The molecule has 1 heterocycles. The van der Waals surface area contributed by atoms with Gasteiger partial charge >= 0.3 is 5.97 Å². The van der Waals surface area contributed by atoms with Crippen LogP contribution in [0.2, 0.25) is 0 Å². The minimum atomic E-state index is -0.626. The third-order valence-electron chi connectivity index (χ3n) is 3.56. The third kappa shape index (κ3) is 2.01. The zero-order chi connectivity index (χ0) is 15.2. The van der Waals surface area contributed by atoms with Gasteiger partial charge in [0.05, 0.1) is 23.9 Å². The summed E-state index contributed by atoms with van der Waals surface area (Å²) in [6.45, 7) is 3.68. The number of carbonyl (C=O) groups is 2. The molecule has 1 amide bonds. The smallest absolute Gasteiger partial charge is 0.340 e. The number of amides is 1. The summed E-state index contributed by atoms with van der Waals surface area (Å²) in [5, 5.41) is 6.10. The Labute approximate surface area is 122 Å². The summed E-state index contributed by atoms with van der Waals surface area (Å²) in [6.07, 6.45) is 0. The number of carbonyl (C=O) groups excluding carboxylic acids is 2. The highest BCUT2D eigenvalue weighted by atomic mass is 16.5. The van der Waals surface area contributed by atoms with Crippen LogP contribution >= 0.6 is 0 Å². The van der Waals surface area contributed by atoms with Crippen LogP contribution in [0, 0.1) is 0 Å². The number of nitrogens with one attached hydrogen (secondary N) is 2. The van der Waals surface area contributed by atoms with Gasteiger partial charge < -0.3 is 15.4 Å². The first-order valence-corrected chi connectivity index (χ1v) is 6.68. The zero-order valence-corrected chi connectivity index (χ0v) is 12.1. The molecule has 0 spiro atoms. The van der Waals surface area contributed by atoms with Gasteiger partial charge in [0, 0.05) is 0 Å². The van der Waals surface area contributed by atoms with Crippen LogP contribution in [0.1, 0.15) is 34.6 Å². The van der Waals surface area contributed by atoms with Crippen molar-refractivity contribution < 1.29 is 14.3 Å². The van der Waals surface area contributed by atoms with Crippen molar-refractivity contribution >= 4 is 17.6 Å². The van der Waals surface area contributed by atoms with Crippen molar-refractivity contribution in [1.29, 1.82) is 0 Å². The molecule has 21 heavy (non-hydrogen) atoms. The van der Waals surface area contributed by atoms with E-state index in [0.717, 1.165) is 5.56 Å². The number of methoxy groups -OCH3 is 1. The summed E-state index contributed by atoms with van der Waals surface area (Å²) in [7, 11) is 1.34. The van der Waals surface area contributed by atoms with Crippen LogP contribution in [0.3, 0.4) is 0 Å². The van der Waals surface area contributed by atoms with Crippen molar-refractivity contribution in [3.05, 3.63) is 41.5 Å². The van der Waals surface area contributed by atoms with E-state index in [1.54, 1.807) is 0 Å². The van der Waals surface area contributed by atoms with E-state index in [9.17, 15) is 9.59 Å². The molecule has 5 heteroatoms. The number of rotatable bonds is 1. The standard InChI is InChI=1S/C16H16N2O3/c1-16(2)17-13-11(14(19)18-16)9-7-5-4-6-8-10(9)12(13)15(20)21-3/h4-8,17H,1-3H3,(H,18,19). The molecule has 0 unspecified atom stereocenters. The number of hydrogen-bond acceptors (Lipinski definition) is 4. The molecule has 0 aromatic rings. The Bertz CT molecular complexity index is 722. The van der Waals surface area contributed by atoms with Crippen LogP contribution in [0.15, 0.2) is 30.3 Å². The highest BCUT2D eigenvalue weighted by Crippen LogP contribution is 2.43. The van der Waals surface area contributed by atoms with Crippen molar-refractivity contribution in [2.75, 3.05) is 12.4 Å². The Hall–Kier alpha value is -2.56. The molecule has 3 aliphatic rings. The van der Waals surface area contributed by atoms with Gasteiger partial charge in [0.2, 0.25) is 0 Å². The lowest BCUT2D eigenvalue weighted by molar-refractivity contribution is 0.0603. The fourth-order valence-corrected chi connectivity index (χ4v) is 2.74. The van der Waals surface area contributed by atoms with Gasteiger partial charge in [-0.2, -0.15) is 0 Å². The molecule has 0 radical (unpaired) electrons. The summed E-state index contributed by atoms with van der Waals surface area (Å²) >= 11 is 0. The van der Waals surface area contributed by atoms with Crippen molar-refractivity contribution in [2.45, 2.75) is 19.5 Å². The van der Waals surface area contributed by atoms with E-state index < -0.39 is 11.6 Å². The van der Waals surface area contributed by atoms with Gasteiger partial charge in [-0.3, -0.25) is 4.79 Å². The summed E-state index contributed by atoms with van der Waals surface area (Å²) in [5.74, 6) is -0.648. The quantitative estimate of drug-likeness (QED) is 0.789. The van der Waals surface area contributed by atoms with Gasteiger partial charge in [0.25, 0.3) is 5.91 Å². The van der Waals surface area contributed by atoms with Gasteiger partial charge in [-0.15, -0.1) is 0 Å². The number of esters is 1. The van der Waals surface area contributed by atoms with Gasteiger partial charge in [-0.1, -0.05) is 30.3 Å². The van der Waals surface area contributed by atoms with Gasteiger partial charge in [0.1, 0.15) is 5.66 Å². The lowest BCUT2D eigenvalue weighted by atomic mass is 10.1. The van der Waals surface area contributed by atoms with E-state index in [2.05, 4.69) is 10.6 Å². The molecule has 0 atom stereocenters. The van der Waals surface area contributed by atoms with Crippen LogP contribution in [-0.4, -0.2) is 24.6 Å². The Balaban J connectivity index is 2.37. The Kier molecular flexibility index (Phi) is 2.86. The van der Waals surface area contributed by atoms with Crippen LogP contribution in [0.5, 0.6) is 0 Å². The fourth-order valence-electron chi connectivity index (χ4n) is 2.74. The molecule has 108 valence electrons. The number of hydrogen-bond donors (Lipinski definition) is 2. The Morgan fingerprint density at radius 1 is 1.10 bits per heavy atom. The molecule has 0 aromatic carbocycles. The fraction of sp³-hybridized carbons (Fsp3) is 0.250. The predicted octanol–water partition coefficient (Wildman–Crippen LogP) is 2.47. The van der Waals surface area contributed by atoms with Crippen molar-refractivity contribution in [3.8, 4) is 11.1 Å². The van der Waals surface area contributed by atoms with E-state index in [1.165, 1.54) is 7.11 Å². The average Bonchev–Trinajstić information content (AvgIpc) is 2.57. The van der Waals surface area contributed by atoms with E-state index in [0.29, 0.717) is 22.4 Å². The average molecular weight is 284 g/mol. The minimum absolute atomic E-state index is 0.194. The maximum Gasteiger partial charge on any atom is 0.340 e. The molecule has 5 nitrogen and oxygen atoms in total. The first-order valence-electron chi connectivity index (χ1n) is 6.68. The molecule has 0 aromatic heterocycles. The number of ether oxygens (including phenoxy) is 1. The molecule has 3 rings (SSSR count). The SMILES string of the molecule is COC(=O)c1c2cccccc-2c2c1NC(C)(C)NC2=O. The summed E-state index contributed by atoms with van der Waals surface area (Å²) in [6, 6.07) is 9.19. The van der Waals surface area contributed by atoms with E-state index >= 15 is 0 Å². The number of fused-ring (bicyclic) bond motifs is 3. The lowest BCUT2D eigenvalue weighted by Gasteiger charge is -2.33. The summed E-state index contributed by atoms with van der Waals surface area (Å²) in [5.41, 5.74) is 2.24. The molecule has 0 fully saturated rings. The van der Waals surface area contributed by atoms with Crippen LogP contribution in [0.25, 0.3) is 11.1 Å². The summed E-state index contributed by atoms with van der Waals surface area (Å²) < 4.78 is 4.89. The predicted molar refractivity (Wildman–Crippen MR) is 79.6 cm³/mol. The van der Waals surface area contributed by atoms with Gasteiger partial charge in [-0.25, -0.2) is 4.79 Å². The largest absolute Gasteiger partial charge is 0.465 e. The highest BCUT2D eigenvalue weighted by Gasteiger charge is 2.38.